The average Bonchev–Trinajstić information content (AvgIpc) is 2.80. The van der Waals surface area contributed by atoms with Crippen molar-refractivity contribution in [3.63, 3.8) is 0 Å². The van der Waals surface area contributed by atoms with Gasteiger partial charge in [-0.3, -0.25) is 0 Å². The molecule has 16 heavy (non-hydrogen) atoms. The third-order valence-corrected chi connectivity index (χ3v) is 2.91. The first-order valence-electron chi connectivity index (χ1n) is 5.53. The molecule has 0 radical (unpaired) electrons. The van der Waals surface area contributed by atoms with Crippen molar-refractivity contribution in [1.29, 1.82) is 0 Å². The summed E-state index contributed by atoms with van der Waals surface area (Å²) >= 11 is 1.79. The minimum Gasteiger partial charge on any atom is -0.501 e. The summed E-state index contributed by atoms with van der Waals surface area (Å²) in [4.78, 5) is 1.39. The highest BCUT2D eigenvalue weighted by molar-refractivity contribution is 7.09. The molecule has 0 atom stereocenters. The third-order valence-electron chi connectivity index (χ3n) is 2.01. The molecule has 0 bridgehead atoms. The van der Waals surface area contributed by atoms with E-state index in [1.165, 1.54) is 4.88 Å². The number of hydrogen-bond acceptors (Lipinski definition) is 3. The summed E-state index contributed by atoms with van der Waals surface area (Å²) in [5, 5.41) is 5.18. The van der Waals surface area contributed by atoms with E-state index in [0.717, 1.165) is 26.0 Å². The first-order chi connectivity index (χ1) is 7.93. The molecule has 0 saturated carbocycles. The molecule has 1 rings (SSSR count). The maximum atomic E-state index is 5.30. The van der Waals surface area contributed by atoms with Crippen LogP contribution >= 0.6 is 11.3 Å². The third kappa shape index (κ3) is 6.43. The zero-order valence-corrected chi connectivity index (χ0v) is 10.5. The van der Waals surface area contributed by atoms with Crippen LogP contribution in [0.5, 0.6) is 0 Å². The molecular formula is C13H19NOS. The fraction of sp³-hybridized carbons (Fsp3) is 0.385. The predicted molar refractivity (Wildman–Crippen MR) is 70.8 cm³/mol. The highest BCUT2D eigenvalue weighted by Gasteiger charge is 1.86. The van der Waals surface area contributed by atoms with Crippen molar-refractivity contribution in [3.05, 3.63) is 46.9 Å². The van der Waals surface area contributed by atoms with Crippen LogP contribution in [0.4, 0.5) is 0 Å². The van der Waals surface area contributed by atoms with Crippen molar-refractivity contribution < 1.29 is 4.74 Å². The van der Waals surface area contributed by atoms with Gasteiger partial charge in [-0.15, -0.1) is 11.3 Å². The van der Waals surface area contributed by atoms with Gasteiger partial charge in [0, 0.05) is 11.3 Å². The van der Waals surface area contributed by atoms with Crippen molar-refractivity contribution in [2.75, 3.05) is 20.2 Å². The Bertz CT molecular complexity index is 304. The zero-order chi connectivity index (χ0) is 11.5. The van der Waals surface area contributed by atoms with E-state index in [-0.39, 0.29) is 0 Å². The molecule has 0 saturated heterocycles. The normalized spacial score (nSPS) is 11.6. The molecule has 0 aromatic carbocycles. The summed E-state index contributed by atoms with van der Waals surface area (Å²) in [7, 11) is 1.95. The molecule has 0 aliphatic carbocycles. The Balaban J connectivity index is 2.01. The van der Waals surface area contributed by atoms with Gasteiger partial charge in [0.2, 0.25) is 0 Å². The fourth-order valence-electron chi connectivity index (χ4n) is 1.19. The van der Waals surface area contributed by atoms with Gasteiger partial charge in [-0.2, -0.15) is 0 Å². The molecule has 1 heterocycles. The Labute approximate surface area is 102 Å². The van der Waals surface area contributed by atoms with Gasteiger partial charge in [-0.1, -0.05) is 18.2 Å². The Morgan fingerprint density at radius 1 is 1.44 bits per heavy atom. The number of allylic oxidation sites excluding steroid dienone is 3. The van der Waals surface area contributed by atoms with E-state index >= 15 is 0 Å². The first-order valence-corrected chi connectivity index (χ1v) is 6.41. The SMILES string of the molecule is CNCCCO/C=C/C=C/Cc1cccs1. The molecule has 0 aliphatic rings. The summed E-state index contributed by atoms with van der Waals surface area (Å²) in [6, 6.07) is 4.22. The van der Waals surface area contributed by atoms with Crippen molar-refractivity contribution >= 4 is 11.3 Å². The Morgan fingerprint density at radius 2 is 2.38 bits per heavy atom. The van der Waals surface area contributed by atoms with E-state index in [1.54, 1.807) is 17.6 Å². The number of ether oxygens (including phenoxy) is 1. The quantitative estimate of drug-likeness (QED) is 0.426. The number of thiophene rings is 1. The molecule has 0 spiro atoms. The summed E-state index contributed by atoms with van der Waals surface area (Å²) in [6.45, 7) is 1.78. The van der Waals surface area contributed by atoms with E-state index < -0.39 is 0 Å². The Hall–Kier alpha value is -1.06. The van der Waals surface area contributed by atoms with Crippen LogP contribution in [0.1, 0.15) is 11.3 Å². The van der Waals surface area contributed by atoms with Gasteiger partial charge in [0.05, 0.1) is 12.9 Å². The molecule has 0 amide bonds. The summed E-state index contributed by atoms with van der Waals surface area (Å²) in [5.41, 5.74) is 0. The first kappa shape index (κ1) is 13.0. The van der Waals surface area contributed by atoms with Gasteiger partial charge in [-0.05, 0) is 37.5 Å². The molecule has 2 nitrogen and oxygen atoms in total. The number of nitrogens with one attached hydrogen (secondary N) is 1. The highest BCUT2D eigenvalue weighted by atomic mass is 32.1. The van der Waals surface area contributed by atoms with Crippen LogP contribution in [-0.2, 0) is 11.2 Å². The van der Waals surface area contributed by atoms with Gasteiger partial charge in [-0.25, -0.2) is 0 Å². The smallest absolute Gasteiger partial charge is 0.0885 e. The minimum absolute atomic E-state index is 0.774. The van der Waals surface area contributed by atoms with Crippen molar-refractivity contribution in [2.24, 2.45) is 0 Å². The molecule has 0 unspecified atom stereocenters. The molecule has 1 aromatic heterocycles. The fourth-order valence-corrected chi connectivity index (χ4v) is 1.87. The second-order valence-corrected chi connectivity index (χ2v) is 4.40. The lowest BCUT2D eigenvalue weighted by Crippen LogP contribution is -2.09. The Kier molecular flexibility index (Phi) is 7.47. The van der Waals surface area contributed by atoms with E-state index in [0.29, 0.717) is 0 Å². The predicted octanol–water partition coefficient (Wildman–Crippen LogP) is 2.99. The lowest BCUT2D eigenvalue weighted by molar-refractivity contribution is 0.244. The molecular weight excluding hydrogens is 218 g/mol. The van der Waals surface area contributed by atoms with E-state index in [1.807, 2.05) is 19.2 Å². The van der Waals surface area contributed by atoms with Crippen LogP contribution in [0.25, 0.3) is 0 Å². The molecule has 1 N–H and O–H groups in total. The lowest BCUT2D eigenvalue weighted by Gasteiger charge is -1.98. The van der Waals surface area contributed by atoms with Crippen LogP contribution in [0, 0.1) is 0 Å². The average molecular weight is 237 g/mol. The second-order valence-electron chi connectivity index (χ2n) is 3.37. The summed E-state index contributed by atoms with van der Waals surface area (Å²) in [5.74, 6) is 0. The topological polar surface area (TPSA) is 21.3 Å². The van der Waals surface area contributed by atoms with Gasteiger partial charge in [0.1, 0.15) is 0 Å². The lowest BCUT2D eigenvalue weighted by atomic mass is 10.3. The van der Waals surface area contributed by atoms with Crippen molar-refractivity contribution in [1.82, 2.24) is 5.32 Å². The molecule has 88 valence electrons. The maximum absolute atomic E-state index is 5.30. The van der Waals surface area contributed by atoms with Crippen LogP contribution in [-0.4, -0.2) is 20.2 Å². The molecule has 1 aromatic rings. The van der Waals surface area contributed by atoms with E-state index in [2.05, 4.69) is 28.9 Å². The van der Waals surface area contributed by atoms with E-state index in [9.17, 15) is 0 Å². The van der Waals surface area contributed by atoms with Gasteiger partial charge < -0.3 is 10.1 Å². The zero-order valence-electron chi connectivity index (χ0n) is 9.69. The van der Waals surface area contributed by atoms with Gasteiger partial charge in [0.15, 0.2) is 0 Å². The van der Waals surface area contributed by atoms with Crippen LogP contribution in [0.3, 0.4) is 0 Å². The molecule has 3 heteroatoms. The van der Waals surface area contributed by atoms with Crippen LogP contribution in [0.2, 0.25) is 0 Å². The van der Waals surface area contributed by atoms with Crippen LogP contribution < -0.4 is 5.32 Å². The molecule has 0 fully saturated rings. The minimum atomic E-state index is 0.774. The Morgan fingerprint density at radius 3 is 3.12 bits per heavy atom. The number of rotatable bonds is 8. The number of hydrogen-bond donors (Lipinski definition) is 1. The van der Waals surface area contributed by atoms with Crippen molar-refractivity contribution in [3.8, 4) is 0 Å². The van der Waals surface area contributed by atoms with Crippen LogP contribution in [0.15, 0.2) is 42.0 Å². The largest absolute Gasteiger partial charge is 0.501 e. The standard InChI is InChI=1S/C13H19NOS/c1-14-9-6-11-15-10-4-2-3-7-13-8-5-12-16-13/h2-5,8,10,12,14H,6-7,9,11H2,1H3/b3-2+,10-4+. The second kappa shape index (κ2) is 9.19. The van der Waals surface area contributed by atoms with Gasteiger partial charge in [0.25, 0.3) is 0 Å². The van der Waals surface area contributed by atoms with Gasteiger partial charge >= 0.3 is 0 Å². The summed E-state index contributed by atoms with van der Waals surface area (Å²) in [6.07, 6.45) is 9.89. The molecule has 0 aliphatic heterocycles. The maximum Gasteiger partial charge on any atom is 0.0885 e. The van der Waals surface area contributed by atoms with Crippen molar-refractivity contribution in [2.45, 2.75) is 12.8 Å². The summed E-state index contributed by atoms with van der Waals surface area (Å²) < 4.78 is 5.30. The highest BCUT2D eigenvalue weighted by Crippen LogP contribution is 2.09. The van der Waals surface area contributed by atoms with E-state index in [4.69, 9.17) is 4.74 Å². The monoisotopic (exact) mass is 237 g/mol.